The van der Waals surface area contributed by atoms with Crippen LogP contribution in [0.5, 0.6) is 0 Å². The minimum atomic E-state index is -4.25. The normalized spacial score (nSPS) is 15.9. The van der Waals surface area contributed by atoms with Crippen molar-refractivity contribution in [1.29, 1.82) is 0 Å². The summed E-state index contributed by atoms with van der Waals surface area (Å²) >= 11 is 3.44. The van der Waals surface area contributed by atoms with Crippen LogP contribution in [0, 0.1) is 0 Å². The van der Waals surface area contributed by atoms with Crippen LogP contribution >= 0.6 is 15.9 Å². The van der Waals surface area contributed by atoms with E-state index in [4.69, 9.17) is 0 Å². The molecule has 2 unspecified atom stereocenters. The monoisotopic (exact) mass is 294 g/mol. The fraction of sp³-hybridized carbons (Fsp3) is 0.500. The van der Waals surface area contributed by atoms with E-state index in [2.05, 4.69) is 15.9 Å². The van der Waals surface area contributed by atoms with Gasteiger partial charge in [-0.3, -0.25) is 0 Å². The molecule has 0 aliphatic rings. The molecule has 0 N–H and O–H groups in total. The van der Waals surface area contributed by atoms with Crippen LogP contribution in [-0.2, 0) is 6.18 Å². The summed E-state index contributed by atoms with van der Waals surface area (Å²) in [7, 11) is 0. The molecular weight excluding hydrogens is 281 g/mol. The Morgan fingerprint density at radius 2 is 1.62 bits per heavy atom. The van der Waals surface area contributed by atoms with Crippen molar-refractivity contribution >= 4 is 15.9 Å². The van der Waals surface area contributed by atoms with Crippen LogP contribution < -0.4 is 0 Å². The van der Waals surface area contributed by atoms with Crippen molar-refractivity contribution < 1.29 is 13.2 Å². The van der Waals surface area contributed by atoms with Gasteiger partial charge in [-0.05, 0) is 30.0 Å². The van der Waals surface area contributed by atoms with Crippen molar-refractivity contribution in [1.82, 2.24) is 0 Å². The maximum atomic E-state index is 12.3. The summed E-state index contributed by atoms with van der Waals surface area (Å²) in [6.45, 7) is 4.04. The Morgan fingerprint density at radius 3 is 2.00 bits per heavy atom. The molecule has 1 aromatic carbocycles. The van der Waals surface area contributed by atoms with E-state index in [1.54, 1.807) is 12.1 Å². The first kappa shape index (κ1) is 13.6. The smallest absolute Gasteiger partial charge is 0.166 e. The molecule has 0 aliphatic heterocycles. The molecule has 16 heavy (non-hydrogen) atoms. The van der Waals surface area contributed by atoms with Crippen LogP contribution in [0.15, 0.2) is 24.3 Å². The Bertz CT molecular complexity index is 327. The van der Waals surface area contributed by atoms with Gasteiger partial charge in [0, 0.05) is 4.83 Å². The van der Waals surface area contributed by atoms with Gasteiger partial charge in [-0.1, -0.05) is 41.9 Å². The molecule has 0 amide bonds. The van der Waals surface area contributed by atoms with E-state index in [-0.39, 0.29) is 5.92 Å². The second-order valence-corrected chi connectivity index (χ2v) is 5.60. The molecule has 0 aromatic heterocycles. The van der Waals surface area contributed by atoms with Crippen LogP contribution in [-0.4, -0.2) is 4.83 Å². The van der Waals surface area contributed by atoms with Gasteiger partial charge in [-0.2, -0.15) is 13.2 Å². The van der Waals surface area contributed by atoms with Crippen molar-refractivity contribution in [3.8, 4) is 0 Å². The highest BCUT2D eigenvalue weighted by molar-refractivity contribution is 9.09. The Balaban J connectivity index is 2.79. The Morgan fingerprint density at radius 1 is 1.12 bits per heavy atom. The zero-order valence-corrected chi connectivity index (χ0v) is 10.8. The lowest BCUT2D eigenvalue weighted by atomic mass is 9.95. The summed E-state index contributed by atoms with van der Waals surface area (Å²) in [6.07, 6.45) is -3.34. The summed E-state index contributed by atoms with van der Waals surface area (Å²) in [6, 6.07) is 5.40. The molecule has 0 bridgehead atoms. The third-order valence-corrected chi connectivity index (χ3v) is 2.86. The first-order chi connectivity index (χ1) is 7.30. The van der Waals surface area contributed by atoms with Crippen LogP contribution in [0.25, 0.3) is 0 Å². The highest BCUT2D eigenvalue weighted by Gasteiger charge is 2.30. The third-order valence-electron chi connectivity index (χ3n) is 2.49. The van der Waals surface area contributed by atoms with Crippen LogP contribution in [0.2, 0.25) is 0 Å². The SMILES string of the molecule is CC(Br)CC(C)c1ccc(C(F)(F)F)cc1. The standard InChI is InChI=1S/C12H14BrF3/c1-8(7-9(2)13)10-3-5-11(6-4-10)12(14,15)16/h3-6,8-9H,7H2,1-2H3. The molecule has 0 aliphatic carbocycles. The minimum absolute atomic E-state index is 0.261. The van der Waals surface area contributed by atoms with E-state index < -0.39 is 11.7 Å². The van der Waals surface area contributed by atoms with Gasteiger partial charge in [-0.25, -0.2) is 0 Å². The van der Waals surface area contributed by atoms with Gasteiger partial charge in [0.1, 0.15) is 0 Å². The van der Waals surface area contributed by atoms with E-state index in [0.717, 1.165) is 24.1 Å². The van der Waals surface area contributed by atoms with Crippen molar-refractivity contribution in [3.05, 3.63) is 35.4 Å². The molecule has 0 saturated carbocycles. The van der Waals surface area contributed by atoms with Gasteiger partial charge in [0.15, 0.2) is 0 Å². The number of hydrogen-bond donors (Lipinski definition) is 0. The lowest BCUT2D eigenvalue weighted by molar-refractivity contribution is -0.137. The number of hydrogen-bond acceptors (Lipinski definition) is 0. The van der Waals surface area contributed by atoms with Crippen molar-refractivity contribution in [2.45, 2.75) is 37.2 Å². The highest BCUT2D eigenvalue weighted by atomic mass is 79.9. The van der Waals surface area contributed by atoms with Gasteiger partial charge >= 0.3 is 6.18 Å². The van der Waals surface area contributed by atoms with Gasteiger partial charge in [0.05, 0.1) is 5.56 Å². The van der Waals surface area contributed by atoms with Crippen LogP contribution in [0.1, 0.15) is 37.3 Å². The van der Waals surface area contributed by atoms with Crippen LogP contribution in [0.3, 0.4) is 0 Å². The molecule has 0 nitrogen and oxygen atoms in total. The minimum Gasteiger partial charge on any atom is -0.166 e. The molecule has 0 saturated heterocycles. The summed E-state index contributed by atoms with van der Waals surface area (Å²) in [5.41, 5.74) is 0.356. The highest BCUT2D eigenvalue weighted by Crippen LogP contribution is 2.31. The van der Waals surface area contributed by atoms with Crippen LogP contribution in [0.4, 0.5) is 13.2 Å². The molecule has 0 radical (unpaired) electrons. The zero-order valence-electron chi connectivity index (χ0n) is 9.18. The van der Waals surface area contributed by atoms with Crippen molar-refractivity contribution in [3.63, 3.8) is 0 Å². The first-order valence-corrected chi connectivity index (χ1v) is 6.03. The predicted octanol–water partition coefficient (Wildman–Crippen LogP) is 4.98. The summed E-state index contributed by atoms with van der Waals surface area (Å²) in [4.78, 5) is 0.366. The molecular formula is C12H14BrF3. The second kappa shape index (κ2) is 5.21. The fourth-order valence-corrected chi connectivity index (χ4v) is 2.18. The molecule has 0 spiro atoms. The molecule has 90 valence electrons. The van der Waals surface area contributed by atoms with Gasteiger partial charge in [0.2, 0.25) is 0 Å². The largest absolute Gasteiger partial charge is 0.416 e. The fourth-order valence-electron chi connectivity index (χ4n) is 1.62. The van der Waals surface area contributed by atoms with Gasteiger partial charge in [-0.15, -0.1) is 0 Å². The lowest BCUT2D eigenvalue weighted by Gasteiger charge is -2.14. The summed E-state index contributed by atoms with van der Waals surface area (Å²) in [5, 5.41) is 0. The number of alkyl halides is 4. The van der Waals surface area contributed by atoms with E-state index in [0.29, 0.717) is 4.83 Å². The first-order valence-electron chi connectivity index (χ1n) is 5.12. The molecule has 1 rings (SSSR count). The second-order valence-electron chi connectivity index (χ2n) is 4.04. The van der Waals surface area contributed by atoms with E-state index in [1.807, 2.05) is 13.8 Å². The topological polar surface area (TPSA) is 0 Å². The number of halogens is 4. The van der Waals surface area contributed by atoms with E-state index in [1.165, 1.54) is 0 Å². The van der Waals surface area contributed by atoms with Gasteiger partial charge < -0.3 is 0 Å². The predicted molar refractivity (Wildman–Crippen MR) is 62.9 cm³/mol. The summed E-state index contributed by atoms with van der Waals surface area (Å²) < 4.78 is 37.0. The van der Waals surface area contributed by atoms with Gasteiger partial charge in [0.25, 0.3) is 0 Å². The quantitative estimate of drug-likeness (QED) is 0.690. The maximum absolute atomic E-state index is 12.3. The van der Waals surface area contributed by atoms with Crippen molar-refractivity contribution in [2.75, 3.05) is 0 Å². The Labute approximate surface area is 102 Å². The molecule has 0 heterocycles. The zero-order chi connectivity index (χ0) is 12.3. The lowest BCUT2D eigenvalue weighted by Crippen LogP contribution is -2.06. The molecule has 4 heteroatoms. The molecule has 0 fully saturated rings. The average molecular weight is 295 g/mol. The maximum Gasteiger partial charge on any atom is 0.416 e. The van der Waals surface area contributed by atoms with E-state index in [9.17, 15) is 13.2 Å². The average Bonchev–Trinajstić information content (AvgIpc) is 2.15. The number of rotatable bonds is 3. The molecule has 1 aromatic rings. The third kappa shape index (κ3) is 3.81. The van der Waals surface area contributed by atoms with Crippen molar-refractivity contribution in [2.24, 2.45) is 0 Å². The molecule has 2 atom stereocenters. The Hall–Kier alpha value is -0.510. The summed E-state index contributed by atoms with van der Waals surface area (Å²) in [5.74, 6) is 0.261. The van der Waals surface area contributed by atoms with E-state index >= 15 is 0 Å². The Kier molecular flexibility index (Phi) is 4.42. The number of benzene rings is 1.